The second kappa shape index (κ2) is 4.21. The molecule has 1 heterocycles. The van der Waals surface area contributed by atoms with Crippen LogP contribution in [0.3, 0.4) is 0 Å². The number of hydrogen-bond acceptors (Lipinski definition) is 3. The lowest BCUT2D eigenvalue weighted by Gasteiger charge is -2.26. The Morgan fingerprint density at radius 2 is 1.82 bits per heavy atom. The van der Waals surface area contributed by atoms with E-state index in [1.54, 1.807) is 23.4 Å². The molecule has 1 unspecified atom stereocenters. The van der Waals surface area contributed by atoms with Gasteiger partial charge in [-0.1, -0.05) is 0 Å². The fourth-order valence-corrected chi connectivity index (χ4v) is 1.49. The van der Waals surface area contributed by atoms with Gasteiger partial charge in [-0.2, -0.15) is 13.2 Å². The lowest BCUT2D eigenvalue weighted by Crippen LogP contribution is -2.38. The molecule has 1 aliphatic rings. The molecule has 0 saturated carbocycles. The zero-order valence-electron chi connectivity index (χ0n) is 8.72. The summed E-state index contributed by atoms with van der Waals surface area (Å²) in [6.45, 7) is 0. The van der Waals surface area contributed by atoms with Gasteiger partial charge in [0.25, 0.3) is 0 Å². The summed E-state index contributed by atoms with van der Waals surface area (Å²) in [7, 11) is 0. The van der Waals surface area contributed by atoms with Crippen molar-refractivity contribution in [2.24, 2.45) is 10.7 Å². The molecule has 6 heteroatoms. The monoisotopic (exact) mass is 241 g/mol. The third-order valence-corrected chi connectivity index (χ3v) is 2.35. The Bertz CT molecular complexity index is 448. The summed E-state index contributed by atoms with van der Waals surface area (Å²) in [5, 5.41) is 0. The van der Waals surface area contributed by atoms with Gasteiger partial charge in [0, 0.05) is 18.1 Å². The van der Waals surface area contributed by atoms with Gasteiger partial charge in [0.2, 0.25) is 0 Å². The highest BCUT2D eigenvalue weighted by Gasteiger charge is 2.30. The maximum Gasteiger partial charge on any atom is 0.416 e. The first-order chi connectivity index (χ1) is 7.98. The molecular formula is C11H10F3N3. The molecule has 17 heavy (non-hydrogen) atoms. The summed E-state index contributed by atoms with van der Waals surface area (Å²) in [5.41, 5.74) is 5.58. The number of hydrogen-bond donors (Lipinski definition) is 1. The van der Waals surface area contributed by atoms with Crippen LogP contribution in [0.4, 0.5) is 18.9 Å². The van der Waals surface area contributed by atoms with Gasteiger partial charge in [-0.05, 0) is 30.3 Å². The number of allylic oxidation sites excluding steroid dienone is 1. The molecule has 0 amide bonds. The van der Waals surface area contributed by atoms with E-state index in [0.29, 0.717) is 5.69 Å². The molecule has 2 N–H and O–H groups in total. The summed E-state index contributed by atoms with van der Waals surface area (Å²) in [4.78, 5) is 5.51. The van der Waals surface area contributed by atoms with Crippen molar-refractivity contribution in [2.75, 3.05) is 4.90 Å². The second-order valence-corrected chi connectivity index (χ2v) is 3.51. The van der Waals surface area contributed by atoms with E-state index in [1.807, 2.05) is 0 Å². The summed E-state index contributed by atoms with van der Waals surface area (Å²) >= 11 is 0. The van der Waals surface area contributed by atoms with Crippen molar-refractivity contribution in [3.63, 3.8) is 0 Å². The van der Waals surface area contributed by atoms with Crippen LogP contribution in [-0.4, -0.2) is 12.5 Å². The van der Waals surface area contributed by atoms with Crippen LogP contribution >= 0.6 is 0 Å². The molecule has 0 aromatic heterocycles. The summed E-state index contributed by atoms with van der Waals surface area (Å²) < 4.78 is 37.1. The third-order valence-electron chi connectivity index (χ3n) is 2.35. The molecule has 0 bridgehead atoms. The van der Waals surface area contributed by atoms with E-state index in [-0.39, 0.29) is 0 Å². The van der Waals surface area contributed by atoms with E-state index in [4.69, 9.17) is 5.73 Å². The minimum Gasteiger partial charge on any atom is -0.313 e. The van der Waals surface area contributed by atoms with Crippen LogP contribution in [0.25, 0.3) is 0 Å². The fraction of sp³-hybridized carbons (Fsp3) is 0.182. The molecule has 1 aromatic carbocycles. The normalized spacial score (nSPS) is 19.8. The van der Waals surface area contributed by atoms with Crippen molar-refractivity contribution < 1.29 is 13.2 Å². The lowest BCUT2D eigenvalue weighted by atomic mass is 10.2. The van der Waals surface area contributed by atoms with Crippen molar-refractivity contribution in [3.05, 3.63) is 42.1 Å². The molecular weight excluding hydrogens is 231 g/mol. The Balaban J connectivity index is 2.24. The number of anilines is 1. The number of aliphatic imine (C=N–C) groups is 1. The maximum atomic E-state index is 12.4. The van der Waals surface area contributed by atoms with Gasteiger partial charge < -0.3 is 4.90 Å². The SMILES string of the molecule is NC1N=CC=CN1c1ccc(C(F)(F)F)cc1. The molecule has 0 spiro atoms. The Morgan fingerprint density at radius 3 is 2.35 bits per heavy atom. The number of alkyl halides is 3. The average molecular weight is 241 g/mol. The molecule has 1 aliphatic heterocycles. The zero-order chi connectivity index (χ0) is 12.5. The number of halogens is 3. The summed E-state index contributed by atoms with van der Waals surface area (Å²) in [6, 6.07) is 4.78. The number of benzene rings is 1. The van der Waals surface area contributed by atoms with Crippen molar-refractivity contribution in [1.82, 2.24) is 0 Å². The standard InChI is InChI=1S/C11H10F3N3/c12-11(13,14)8-2-4-9(5-3-8)17-7-1-6-16-10(17)15/h1-7,10H,15H2. The van der Waals surface area contributed by atoms with Crippen LogP contribution < -0.4 is 10.6 Å². The van der Waals surface area contributed by atoms with E-state index >= 15 is 0 Å². The smallest absolute Gasteiger partial charge is 0.313 e. The zero-order valence-corrected chi connectivity index (χ0v) is 8.72. The predicted molar refractivity (Wildman–Crippen MR) is 59.5 cm³/mol. The Labute approximate surface area is 96.1 Å². The highest BCUT2D eigenvalue weighted by Crippen LogP contribution is 2.30. The first-order valence-electron chi connectivity index (χ1n) is 4.89. The van der Waals surface area contributed by atoms with Gasteiger partial charge in [-0.15, -0.1) is 0 Å². The van der Waals surface area contributed by atoms with E-state index in [9.17, 15) is 13.2 Å². The number of rotatable bonds is 1. The highest BCUT2D eigenvalue weighted by molar-refractivity contribution is 5.74. The van der Waals surface area contributed by atoms with Gasteiger partial charge in [-0.3, -0.25) is 10.7 Å². The minimum atomic E-state index is -4.32. The summed E-state index contributed by atoms with van der Waals surface area (Å²) in [5.74, 6) is 0. The van der Waals surface area contributed by atoms with E-state index in [0.717, 1.165) is 12.1 Å². The van der Waals surface area contributed by atoms with Gasteiger partial charge in [0.05, 0.1) is 5.56 Å². The molecule has 0 radical (unpaired) electrons. The average Bonchev–Trinajstić information content (AvgIpc) is 2.29. The van der Waals surface area contributed by atoms with Crippen molar-refractivity contribution in [2.45, 2.75) is 12.5 Å². The van der Waals surface area contributed by atoms with Crippen LogP contribution in [0.5, 0.6) is 0 Å². The minimum absolute atomic E-state index is 0.568. The second-order valence-electron chi connectivity index (χ2n) is 3.51. The van der Waals surface area contributed by atoms with Crippen LogP contribution in [0, 0.1) is 0 Å². The van der Waals surface area contributed by atoms with Gasteiger partial charge in [0.1, 0.15) is 0 Å². The first-order valence-corrected chi connectivity index (χ1v) is 4.89. The molecule has 3 nitrogen and oxygen atoms in total. The van der Waals surface area contributed by atoms with Crippen molar-refractivity contribution in [1.29, 1.82) is 0 Å². The molecule has 0 aliphatic carbocycles. The van der Waals surface area contributed by atoms with Crippen LogP contribution in [0.15, 0.2) is 41.5 Å². The van der Waals surface area contributed by atoms with Crippen molar-refractivity contribution in [3.8, 4) is 0 Å². The maximum absolute atomic E-state index is 12.4. The highest BCUT2D eigenvalue weighted by atomic mass is 19.4. The van der Waals surface area contributed by atoms with E-state index in [1.165, 1.54) is 12.1 Å². The van der Waals surface area contributed by atoms with Gasteiger partial charge in [-0.25, -0.2) is 0 Å². The van der Waals surface area contributed by atoms with Gasteiger partial charge >= 0.3 is 6.18 Å². The number of nitrogens with two attached hydrogens (primary N) is 1. The molecule has 0 saturated heterocycles. The Hall–Kier alpha value is -1.82. The van der Waals surface area contributed by atoms with Crippen molar-refractivity contribution >= 4 is 11.9 Å². The topological polar surface area (TPSA) is 41.6 Å². The molecule has 2 rings (SSSR count). The first kappa shape index (κ1) is 11.7. The van der Waals surface area contributed by atoms with Crippen LogP contribution in [0.2, 0.25) is 0 Å². The lowest BCUT2D eigenvalue weighted by molar-refractivity contribution is -0.137. The molecule has 0 fully saturated rings. The third kappa shape index (κ3) is 2.47. The predicted octanol–water partition coefficient (Wildman–Crippen LogP) is 2.35. The molecule has 1 aromatic rings. The molecule has 1 atom stereocenters. The van der Waals surface area contributed by atoms with E-state index in [2.05, 4.69) is 4.99 Å². The molecule has 90 valence electrons. The number of nitrogens with zero attached hydrogens (tertiary/aromatic N) is 2. The Morgan fingerprint density at radius 1 is 1.18 bits per heavy atom. The largest absolute Gasteiger partial charge is 0.416 e. The van der Waals surface area contributed by atoms with E-state index < -0.39 is 18.0 Å². The quantitative estimate of drug-likeness (QED) is 0.820. The van der Waals surface area contributed by atoms with Crippen LogP contribution in [-0.2, 0) is 6.18 Å². The Kier molecular flexibility index (Phi) is 2.89. The van der Waals surface area contributed by atoms with Gasteiger partial charge in [0.15, 0.2) is 6.29 Å². The summed E-state index contributed by atoms with van der Waals surface area (Å²) in [6.07, 6.45) is -0.0416. The van der Waals surface area contributed by atoms with Crippen LogP contribution in [0.1, 0.15) is 5.56 Å². The fourth-order valence-electron chi connectivity index (χ4n) is 1.49.